The Kier molecular flexibility index (Phi) is 6.79. The number of nitrogens with zero attached hydrogens (tertiary/aromatic N) is 1. The first-order valence-electron chi connectivity index (χ1n) is 9.88. The second-order valence-corrected chi connectivity index (χ2v) is 7.94. The molecular formula is C27H20N2OS. The third kappa shape index (κ3) is 5.85. The number of hydrogen-bond donors (Lipinski definition) is 1. The van der Waals surface area contributed by atoms with Crippen molar-refractivity contribution in [2.24, 2.45) is 0 Å². The number of aromatic nitrogens is 1. The average molecular weight is 421 g/mol. The molecule has 0 bridgehead atoms. The standard InChI is InChI=1S/C27H20N2OS/c30-27(26(22-11-3-1-4-12-22)31-25-15-5-2-6-16-25)29-24-14-9-10-21(20-24)17-18-23-13-7-8-19-28-23/h1-16,19-20,26H,(H,29,30)/t26-/m1/s1. The zero-order chi connectivity index (χ0) is 21.3. The van der Waals surface area contributed by atoms with Crippen LogP contribution in [-0.2, 0) is 4.79 Å². The van der Waals surface area contributed by atoms with Crippen molar-refractivity contribution < 1.29 is 4.79 Å². The first kappa shape index (κ1) is 20.5. The van der Waals surface area contributed by atoms with E-state index >= 15 is 0 Å². The molecule has 4 rings (SSSR count). The first-order valence-corrected chi connectivity index (χ1v) is 10.8. The van der Waals surface area contributed by atoms with E-state index in [-0.39, 0.29) is 11.2 Å². The van der Waals surface area contributed by atoms with Gasteiger partial charge in [0, 0.05) is 22.3 Å². The lowest BCUT2D eigenvalue weighted by atomic mass is 10.1. The lowest BCUT2D eigenvalue weighted by Gasteiger charge is -2.17. The van der Waals surface area contributed by atoms with Gasteiger partial charge in [0.1, 0.15) is 10.9 Å². The summed E-state index contributed by atoms with van der Waals surface area (Å²) < 4.78 is 0. The SMILES string of the molecule is O=C(Nc1cccc(C#Cc2ccccn2)c1)[C@H](Sc1ccccc1)c1ccccc1. The van der Waals surface area contributed by atoms with Crippen molar-refractivity contribution in [1.29, 1.82) is 0 Å². The fourth-order valence-electron chi connectivity index (χ4n) is 2.99. The van der Waals surface area contributed by atoms with Crippen molar-refractivity contribution >= 4 is 23.4 Å². The number of benzene rings is 3. The number of anilines is 1. The van der Waals surface area contributed by atoms with Crippen LogP contribution >= 0.6 is 11.8 Å². The van der Waals surface area contributed by atoms with E-state index < -0.39 is 0 Å². The van der Waals surface area contributed by atoms with E-state index in [9.17, 15) is 4.79 Å². The summed E-state index contributed by atoms with van der Waals surface area (Å²) in [5, 5.41) is 2.69. The number of carbonyl (C=O) groups is 1. The van der Waals surface area contributed by atoms with Crippen LogP contribution in [0.1, 0.15) is 22.1 Å². The summed E-state index contributed by atoms with van der Waals surface area (Å²) in [4.78, 5) is 18.5. The van der Waals surface area contributed by atoms with E-state index in [0.29, 0.717) is 11.4 Å². The zero-order valence-corrected chi connectivity index (χ0v) is 17.5. The number of rotatable bonds is 5. The quantitative estimate of drug-likeness (QED) is 0.320. The van der Waals surface area contributed by atoms with E-state index in [1.165, 1.54) is 11.8 Å². The molecule has 0 spiro atoms. The van der Waals surface area contributed by atoms with Crippen molar-refractivity contribution in [2.45, 2.75) is 10.1 Å². The Bertz CT molecular complexity index is 1200. The molecule has 0 saturated heterocycles. The summed E-state index contributed by atoms with van der Waals surface area (Å²) in [6, 6.07) is 33.0. The minimum atomic E-state index is -0.369. The molecule has 1 heterocycles. The molecule has 1 aromatic heterocycles. The maximum Gasteiger partial charge on any atom is 0.242 e. The first-order chi connectivity index (χ1) is 15.3. The Labute approximate surface area is 186 Å². The van der Waals surface area contributed by atoms with Gasteiger partial charge in [-0.2, -0.15) is 0 Å². The molecule has 0 fully saturated rings. The van der Waals surface area contributed by atoms with Gasteiger partial charge in [0.25, 0.3) is 0 Å². The van der Waals surface area contributed by atoms with E-state index in [1.54, 1.807) is 6.20 Å². The highest BCUT2D eigenvalue weighted by molar-refractivity contribution is 8.00. The number of thioether (sulfide) groups is 1. The third-order valence-electron chi connectivity index (χ3n) is 4.47. The number of hydrogen-bond acceptors (Lipinski definition) is 3. The van der Waals surface area contributed by atoms with Crippen LogP contribution < -0.4 is 5.32 Å². The van der Waals surface area contributed by atoms with Gasteiger partial charge in [0.05, 0.1) is 0 Å². The van der Waals surface area contributed by atoms with Gasteiger partial charge in [-0.1, -0.05) is 66.6 Å². The highest BCUT2D eigenvalue weighted by atomic mass is 32.2. The Morgan fingerprint density at radius 3 is 2.29 bits per heavy atom. The van der Waals surface area contributed by atoms with Crippen molar-refractivity contribution in [1.82, 2.24) is 4.98 Å². The van der Waals surface area contributed by atoms with Gasteiger partial charge in [-0.15, -0.1) is 11.8 Å². The molecule has 0 radical (unpaired) electrons. The Morgan fingerprint density at radius 2 is 1.55 bits per heavy atom. The molecule has 1 N–H and O–H groups in total. The molecular weight excluding hydrogens is 400 g/mol. The molecule has 4 heteroatoms. The van der Waals surface area contributed by atoms with Crippen LogP contribution in [0.2, 0.25) is 0 Å². The summed E-state index contributed by atoms with van der Waals surface area (Å²) in [6.45, 7) is 0. The van der Waals surface area contributed by atoms with Crippen LogP contribution in [0.15, 0.2) is 114 Å². The molecule has 1 atom stereocenters. The normalized spacial score (nSPS) is 11.1. The van der Waals surface area contributed by atoms with Gasteiger partial charge in [0.2, 0.25) is 5.91 Å². The van der Waals surface area contributed by atoms with Crippen molar-refractivity contribution in [2.75, 3.05) is 5.32 Å². The van der Waals surface area contributed by atoms with Gasteiger partial charge in [-0.3, -0.25) is 4.79 Å². The lowest BCUT2D eigenvalue weighted by molar-refractivity contribution is -0.115. The van der Waals surface area contributed by atoms with E-state index in [1.807, 2.05) is 103 Å². The van der Waals surface area contributed by atoms with Gasteiger partial charge in [-0.25, -0.2) is 4.98 Å². The van der Waals surface area contributed by atoms with Crippen LogP contribution in [0.5, 0.6) is 0 Å². The fraction of sp³-hybridized carbons (Fsp3) is 0.0370. The Morgan fingerprint density at radius 1 is 0.806 bits per heavy atom. The second-order valence-electron chi connectivity index (χ2n) is 6.76. The van der Waals surface area contributed by atoms with Gasteiger partial charge in [-0.05, 0) is 53.9 Å². The molecule has 0 saturated carbocycles. The molecule has 150 valence electrons. The van der Waals surface area contributed by atoms with Crippen molar-refractivity contribution in [3.05, 3.63) is 126 Å². The molecule has 1 amide bonds. The molecule has 3 aromatic carbocycles. The smallest absolute Gasteiger partial charge is 0.242 e. The Hall–Kier alpha value is -3.81. The predicted molar refractivity (Wildman–Crippen MR) is 127 cm³/mol. The maximum atomic E-state index is 13.2. The highest BCUT2D eigenvalue weighted by Crippen LogP contribution is 2.36. The van der Waals surface area contributed by atoms with Crippen LogP contribution in [0.25, 0.3) is 0 Å². The number of amides is 1. The Balaban J connectivity index is 1.54. The van der Waals surface area contributed by atoms with Crippen LogP contribution in [-0.4, -0.2) is 10.9 Å². The maximum absolute atomic E-state index is 13.2. The lowest BCUT2D eigenvalue weighted by Crippen LogP contribution is -2.19. The molecule has 3 nitrogen and oxygen atoms in total. The fourth-order valence-corrected chi connectivity index (χ4v) is 4.04. The highest BCUT2D eigenvalue weighted by Gasteiger charge is 2.22. The van der Waals surface area contributed by atoms with Crippen molar-refractivity contribution in [3.63, 3.8) is 0 Å². The molecule has 0 unspecified atom stereocenters. The number of carbonyl (C=O) groups excluding carboxylic acids is 1. The summed E-state index contributed by atoms with van der Waals surface area (Å²) in [7, 11) is 0. The summed E-state index contributed by atoms with van der Waals surface area (Å²) in [6.07, 6.45) is 1.72. The molecule has 0 aliphatic heterocycles. The van der Waals surface area contributed by atoms with Crippen LogP contribution in [0.3, 0.4) is 0 Å². The van der Waals surface area contributed by atoms with E-state index in [0.717, 1.165) is 16.0 Å². The zero-order valence-electron chi connectivity index (χ0n) is 16.7. The van der Waals surface area contributed by atoms with Crippen molar-refractivity contribution in [3.8, 4) is 11.8 Å². The number of nitrogens with one attached hydrogen (secondary N) is 1. The number of pyridine rings is 1. The molecule has 31 heavy (non-hydrogen) atoms. The third-order valence-corrected chi connectivity index (χ3v) is 5.73. The minimum absolute atomic E-state index is 0.0742. The van der Waals surface area contributed by atoms with Gasteiger partial charge >= 0.3 is 0 Å². The van der Waals surface area contributed by atoms with E-state index in [2.05, 4.69) is 22.1 Å². The molecule has 4 aromatic rings. The van der Waals surface area contributed by atoms with Crippen LogP contribution in [0, 0.1) is 11.8 Å². The largest absolute Gasteiger partial charge is 0.325 e. The minimum Gasteiger partial charge on any atom is -0.325 e. The predicted octanol–water partition coefficient (Wildman–Crippen LogP) is 5.95. The second kappa shape index (κ2) is 10.3. The van der Waals surface area contributed by atoms with E-state index in [4.69, 9.17) is 0 Å². The monoisotopic (exact) mass is 420 g/mol. The summed E-state index contributed by atoms with van der Waals surface area (Å²) in [5.41, 5.74) is 3.20. The summed E-state index contributed by atoms with van der Waals surface area (Å²) in [5.74, 6) is 6.08. The molecule has 0 aliphatic rings. The topological polar surface area (TPSA) is 42.0 Å². The van der Waals surface area contributed by atoms with Gasteiger partial charge < -0.3 is 5.32 Å². The average Bonchev–Trinajstić information content (AvgIpc) is 2.83. The summed E-state index contributed by atoms with van der Waals surface area (Å²) >= 11 is 1.53. The van der Waals surface area contributed by atoms with Gasteiger partial charge in [0.15, 0.2) is 0 Å². The van der Waals surface area contributed by atoms with Crippen LogP contribution in [0.4, 0.5) is 5.69 Å². The molecule has 0 aliphatic carbocycles.